The highest BCUT2D eigenvalue weighted by Gasteiger charge is 2.06. The summed E-state index contributed by atoms with van der Waals surface area (Å²) in [5.74, 6) is 0.839. The van der Waals surface area contributed by atoms with Crippen LogP contribution in [0, 0.1) is 0 Å². The minimum absolute atomic E-state index is 0.742. The fourth-order valence-corrected chi connectivity index (χ4v) is 1.63. The SMILES string of the molecule is CCCCNC(=S)N(C)c1cccc(OC)c1. The van der Waals surface area contributed by atoms with Crippen molar-refractivity contribution < 1.29 is 4.74 Å². The zero-order chi connectivity index (χ0) is 12.7. The molecule has 4 heteroatoms. The smallest absolute Gasteiger partial charge is 0.173 e. The normalized spacial score (nSPS) is 9.82. The van der Waals surface area contributed by atoms with E-state index >= 15 is 0 Å². The summed E-state index contributed by atoms with van der Waals surface area (Å²) in [6.07, 6.45) is 2.30. The minimum Gasteiger partial charge on any atom is -0.497 e. The monoisotopic (exact) mass is 252 g/mol. The molecular formula is C13H20N2OS. The molecule has 1 aromatic rings. The maximum atomic E-state index is 5.33. The Labute approximate surface area is 109 Å². The molecule has 17 heavy (non-hydrogen) atoms. The van der Waals surface area contributed by atoms with Crippen molar-refractivity contribution in [3.63, 3.8) is 0 Å². The second-order valence-electron chi connectivity index (χ2n) is 3.85. The Balaban J connectivity index is 2.61. The summed E-state index contributed by atoms with van der Waals surface area (Å²) in [6, 6.07) is 7.86. The summed E-state index contributed by atoms with van der Waals surface area (Å²) in [6.45, 7) is 3.08. The predicted molar refractivity (Wildman–Crippen MR) is 76.9 cm³/mol. The number of rotatable bonds is 5. The fraction of sp³-hybridized carbons (Fsp3) is 0.462. The molecule has 0 aliphatic carbocycles. The maximum Gasteiger partial charge on any atom is 0.173 e. The van der Waals surface area contributed by atoms with E-state index in [1.807, 2.05) is 36.2 Å². The molecule has 0 radical (unpaired) electrons. The van der Waals surface area contributed by atoms with Crippen LogP contribution in [0.1, 0.15) is 19.8 Å². The van der Waals surface area contributed by atoms with Crippen LogP contribution in [-0.4, -0.2) is 25.8 Å². The van der Waals surface area contributed by atoms with Crippen LogP contribution in [-0.2, 0) is 0 Å². The highest BCUT2D eigenvalue weighted by Crippen LogP contribution is 2.19. The molecule has 0 aromatic heterocycles. The number of hydrogen-bond donors (Lipinski definition) is 1. The standard InChI is InChI=1S/C13H20N2OS/c1-4-5-9-14-13(17)15(2)11-7-6-8-12(10-11)16-3/h6-8,10H,4-5,9H2,1-3H3,(H,14,17). The summed E-state index contributed by atoms with van der Waals surface area (Å²) < 4.78 is 5.19. The van der Waals surface area contributed by atoms with E-state index in [0.717, 1.165) is 29.5 Å². The van der Waals surface area contributed by atoms with E-state index in [-0.39, 0.29) is 0 Å². The summed E-state index contributed by atoms with van der Waals surface area (Å²) in [4.78, 5) is 1.95. The van der Waals surface area contributed by atoms with Crippen LogP contribution in [0.15, 0.2) is 24.3 Å². The van der Waals surface area contributed by atoms with Gasteiger partial charge in [0.25, 0.3) is 0 Å². The van der Waals surface area contributed by atoms with E-state index < -0.39 is 0 Å². The van der Waals surface area contributed by atoms with Crippen molar-refractivity contribution >= 4 is 23.0 Å². The lowest BCUT2D eigenvalue weighted by Crippen LogP contribution is -2.37. The molecular weight excluding hydrogens is 232 g/mol. The number of benzene rings is 1. The van der Waals surface area contributed by atoms with E-state index in [2.05, 4.69) is 12.2 Å². The van der Waals surface area contributed by atoms with Gasteiger partial charge in [0.1, 0.15) is 5.75 Å². The Bertz CT molecular complexity index is 368. The number of unbranched alkanes of at least 4 members (excludes halogenated alkanes) is 1. The van der Waals surface area contributed by atoms with E-state index in [4.69, 9.17) is 17.0 Å². The highest BCUT2D eigenvalue weighted by atomic mass is 32.1. The molecule has 0 bridgehead atoms. The Morgan fingerprint density at radius 2 is 2.24 bits per heavy atom. The molecule has 1 aromatic carbocycles. The van der Waals surface area contributed by atoms with Crippen LogP contribution in [0.4, 0.5) is 5.69 Å². The van der Waals surface area contributed by atoms with Crippen LogP contribution < -0.4 is 15.0 Å². The lowest BCUT2D eigenvalue weighted by Gasteiger charge is -2.21. The third kappa shape index (κ3) is 4.23. The van der Waals surface area contributed by atoms with Gasteiger partial charge in [0.15, 0.2) is 5.11 Å². The van der Waals surface area contributed by atoms with Gasteiger partial charge >= 0.3 is 0 Å². The van der Waals surface area contributed by atoms with E-state index in [0.29, 0.717) is 0 Å². The molecule has 0 saturated heterocycles. The summed E-state index contributed by atoms with van der Waals surface area (Å²) in [5, 5.41) is 3.98. The number of thiocarbonyl (C=S) groups is 1. The summed E-state index contributed by atoms with van der Waals surface area (Å²) in [5.41, 5.74) is 1.03. The third-order valence-electron chi connectivity index (χ3n) is 2.55. The van der Waals surface area contributed by atoms with Gasteiger partial charge in [-0.1, -0.05) is 19.4 Å². The lowest BCUT2D eigenvalue weighted by molar-refractivity contribution is 0.415. The van der Waals surface area contributed by atoms with Gasteiger partial charge in [0.2, 0.25) is 0 Å². The van der Waals surface area contributed by atoms with Gasteiger partial charge in [-0.05, 0) is 30.8 Å². The molecule has 0 unspecified atom stereocenters. The van der Waals surface area contributed by atoms with Crippen molar-refractivity contribution in [1.29, 1.82) is 0 Å². The van der Waals surface area contributed by atoms with Gasteiger partial charge in [-0.25, -0.2) is 0 Å². The van der Waals surface area contributed by atoms with Crippen LogP contribution in [0.5, 0.6) is 5.75 Å². The van der Waals surface area contributed by atoms with Gasteiger partial charge < -0.3 is 15.0 Å². The van der Waals surface area contributed by atoms with E-state index in [1.54, 1.807) is 7.11 Å². The molecule has 3 nitrogen and oxygen atoms in total. The number of nitrogens with one attached hydrogen (secondary N) is 1. The molecule has 0 aliphatic heterocycles. The van der Waals surface area contributed by atoms with Gasteiger partial charge in [0.05, 0.1) is 7.11 Å². The number of nitrogens with zero attached hydrogens (tertiary/aromatic N) is 1. The molecule has 0 fully saturated rings. The van der Waals surface area contributed by atoms with E-state index in [1.165, 1.54) is 6.42 Å². The first kappa shape index (κ1) is 13.8. The summed E-state index contributed by atoms with van der Waals surface area (Å²) in [7, 11) is 3.62. The first-order valence-electron chi connectivity index (χ1n) is 5.84. The molecule has 94 valence electrons. The minimum atomic E-state index is 0.742. The number of methoxy groups -OCH3 is 1. The van der Waals surface area contributed by atoms with Crippen molar-refractivity contribution in [1.82, 2.24) is 5.32 Å². The van der Waals surface area contributed by atoms with Crippen molar-refractivity contribution in [3.8, 4) is 5.75 Å². The zero-order valence-electron chi connectivity index (χ0n) is 10.7. The number of anilines is 1. The van der Waals surface area contributed by atoms with Gasteiger partial charge in [-0.2, -0.15) is 0 Å². The molecule has 0 spiro atoms. The average Bonchev–Trinajstić information content (AvgIpc) is 2.38. The van der Waals surface area contributed by atoms with Gasteiger partial charge in [-0.15, -0.1) is 0 Å². The molecule has 0 amide bonds. The lowest BCUT2D eigenvalue weighted by atomic mass is 10.3. The van der Waals surface area contributed by atoms with Crippen molar-refractivity contribution in [2.24, 2.45) is 0 Å². The molecule has 0 atom stereocenters. The van der Waals surface area contributed by atoms with Crippen LogP contribution >= 0.6 is 12.2 Å². The fourth-order valence-electron chi connectivity index (χ4n) is 1.43. The van der Waals surface area contributed by atoms with Crippen LogP contribution in [0.25, 0.3) is 0 Å². The Morgan fingerprint density at radius 3 is 2.88 bits per heavy atom. The summed E-state index contributed by atoms with van der Waals surface area (Å²) >= 11 is 5.33. The van der Waals surface area contributed by atoms with Crippen LogP contribution in [0.3, 0.4) is 0 Å². The average molecular weight is 252 g/mol. The molecule has 1 N–H and O–H groups in total. The zero-order valence-corrected chi connectivity index (χ0v) is 11.5. The molecule has 0 heterocycles. The third-order valence-corrected chi connectivity index (χ3v) is 2.97. The largest absolute Gasteiger partial charge is 0.497 e. The van der Waals surface area contributed by atoms with Crippen molar-refractivity contribution in [3.05, 3.63) is 24.3 Å². The van der Waals surface area contributed by atoms with E-state index in [9.17, 15) is 0 Å². The highest BCUT2D eigenvalue weighted by molar-refractivity contribution is 7.80. The Hall–Kier alpha value is -1.29. The second-order valence-corrected chi connectivity index (χ2v) is 4.23. The first-order valence-corrected chi connectivity index (χ1v) is 6.25. The number of hydrogen-bond acceptors (Lipinski definition) is 2. The van der Waals surface area contributed by atoms with Gasteiger partial charge in [0, 0.05) is 25.3 Å². The van der Waals surface area contributed by atoms with Crippen LogP contribution in [0.2, 0.25) is 0 Å². The Morgan fingerprint density at radius 1 is 1.47 bits per heavy atom. The number of ether oxygens (including phenoxy) is 1. The molecule has 1 rings (SSSR count). The predicted octanol–water partition coefficient (Wildman–Crippen LogP) is 2.81. The first-order chi connectivity index (χ1) is 8.19. The molecule has 0 aliphatic rings. The molecule has 0 saturated carbocycles. The maximum absolute atomic E-state index is 5.33. The van der Waals surface area contributed by atoms with Gasteiger partial charge in [-0.3, -0.25) is 0 Å². The Kier molecular flexibility index (Phi) is 5.77. The van der Waals surface area contributed by atoms with Crippen molar-refractivity contribution in [2.45, 2.75) is 19.8 Å². The second kappa shape index (κ2) is 7.12. The van der Waals surface area contributed by atoms with Crippen molar-refractivity contribution in [2.75, 3.05) is 25.6 Å². The quantitative estimate of drug-likeness (QED) is 0.643. The topological polar surface area (TPSA) is 24.5 Å².